The first-order chi connectivity index (χ1) is 17.0. The first kappa shape index (κ1) is 22.5. The van der Waals surface area contributed by atoms with E-state index in [0.717, 1.165) is 16.9 Å². The molecule has 0 spiro atoms. The number of benzene rings is 3. The molecule has 9 nitrogen and oxygen atoms in total. The maximum absolute atomic E-state index is 13.8. The molecule has 1 aromatic heterocycles. The molecule has 0 saturated carbocycles. The third kappa shape index (κ3) is 4.22. The average Bonchev–Trinajstić information content (AvgIpc) is 3.38. The molecule has 0 unspecified atom stereocenters. The highest BCUT2D eigenvalue weighted by Crippen LogP contribution is 2.43. The van der Waals surface area contributed by atoms with Crippen molar-refractivity contribution in [2.24, 2.45) is 0 Å². The molecular formula is C25H20ClN5O4. The molecule has 5 rings (SSSR count). The molecule has 1 amide bonds. The second-order valence-corrected chi connectivity index (χ2v) is 8.52. The lowest BCUT2D eigenvalue weighted by atomic mass is 9.91. The van der Waals surface area contributed by atoms with Gasteiger partial charge in [0.15, 0.2) is 0 Å². The van der Waals surface area contributed by atoms with E-state index in [4.69, 9.17) is 16.3 Å². The van der Waals surface area contributed by atoms with Crippen LogP contribution in [-0.4, -0.2) is 32.7 Å². The molecule has 2 atom stereocenters. The standard InChI is InChI=1S/C25H20ClN5O4/c1-35-21-11-7-17(8-12-21)23-14-22(16-5-9-19(26)10-6-16)29(25-27-15-28-30(23)25)24(32)18-3-2-4-20(13-18)31(33)34/h2-13,15,22-23H,14H2,1H3/t22-,23+/m1/s1. The summed E-state index contributed by atoms with van der Waals surface area (Å²) in [7, 11) is 1.61. The van der Waals surface area contributed by atoms with Gasteiger partial charge >= 0.3 is 0 Å². The van der Waals surface area contributed by atoms with E-state index >= 15 is 0 Å². The number of hydrogen-bond acceptors (Lipinski definition) is 6. The summed E-state index contributed by atoms with van der Waals surface area (Å²) < 4.78 is 7.00. The van der Waals surface area contributed by atoms with Crippen LogP contribution in [0.25, 0.3) is 0 Å². The van der Waals surface area contributed by atoms with E-state index in [0.29, 0.717) is 17.4 Å². The van der Waals surface area contributed by atoms with Gasteiger partial charge in [-0.2, -0.15) is 10.1 Å². The number of nitrogens with zero attached hydrogens (tertiary/aromatic N) is 5. The Balaban J connectivity index is 1.63. The number of nitro benzene ring substituents is 1. The van der Waals surface area contributed by atoms with Crippen LogP contribution in [-0.2, 0) is 0 Å². The maximum Gasteiger partial charge on any atom is 0.270 e. The SMILES string of the molecule is COc1ccc([C@@H]2C[C@H](c3ccc(Cl)cc3)N(C(=O)c3cccc([N+](=O)[O-])c3)c3ncnn32)cc1. The van der Waals surface area contributed by atoms with Gasteiger partial charge in [0.25, 0.3) is 11.6 Å². The Kier molecular flexibility index (Phi) is 5.92. The summed E-state index contributed by atoms with van der Waals surface area (Å²) >= 11 is 6.13. The number of fused-ring (bicyclic) bond motifs is 1. The number of hydrogen-bond donors (Lipinski definition) is 0. The van der Waals surface area contributed by atoms with Crippen molar-refractivity contribution in [3.8, 4) is 5.75 Å². The summed E-state index contributed by atoms with van der Waals surface area (Å²) in [6.45, 7) is 0. The third-order valence-corrected chi connectivity index (χ3v) is 6.35. The molecule has 1 aliphatic rings. The fourth-order valence-electron chi connectivity index (χ4n) is 4.39. The molecule has 0 saturated heterocycles. The van der Waals surface area contributed by atoms with E-state index in [-0.39, 0.29) is 17.3 Å². The van der Waals surface area contributed by atoms with Crippen LogP contribution >= 0.6 is 11.6 Å². The van der Waals surface area contributed by atoms with Gasteiger partial charge in [0.2, 0.25) is 5.95 Å². The van der Waals surface area contributed by atoms with E-state index in [1.807, 2.05) is 36.4 Å². The highest BCUT2D eigenvalue weighted by molar-refractivity contribution is 6.30. The predicted octanol–water partition coefficient (Wildman–Crippen LogP) is 5.23. The van der Waals surface area contributed by atoms with Crippen LogP contribution in [0.5, 0.6) is 5.75 Å². The Morgan fingerprint density at radius 1 is 1.06 bits per heavy atom. The highest BCUT2D eigenvalue weighted by Gasteiger charge is 2.40. The van der Waals surface area contributed by atoms with Gasteiger partial charge < -0.3 is 4.74 Å². The van der Waals surface area contributed by atoms with Crippen molar-refractivity contribution in [1.29, 1.82) is 0 Å². The smallest absolute Gasteiger partial charge is 0.270 e. The van der Waals surface area contributed by atoms with E-state index in [9.17, 15) is 14.9 Å². The average molecular weight is 490 g/mol. The van der Waals surface area contributed by atoms with Gasteiger partial charge in [-0.05, 0) is 47.9 Å². The number of nitro groups is 1. The van der Waals surface area contributed by atoms with E-state index in [1.54, 1.807) is 34.9 Å². The molecule has 0 bridgehead atoms. The zero-order chi connectivity index (χ0) is 24.5. The normalized spacial score (nSPS) is 17.0. The molecule has 3 aromatic carbocycles. The zero-order valence-corrected chi connectivity index (χ0v) is 19.4. The molecule has 0 N–H and O–H groups in total. The lowest BCUT2D eigenvalue weighted by Gasteiger charge is -2.39. The zero-order valence-electron chi connectivity index (χ0n) is 18.6. The summed E-state index contributed by atoms with van der Waals surface area (Å²) in [5, 5.41) is 16.3. The van der Waals surface area contributed by atoms with Crippen molar-refractivity contribution < 1.29 is 14.5 Å². The van der Waals surface area contributed by atoms with Gasteiger partial charge in [0, 0.05) is 22.7 Å². The third-order valence-electron chi connectivity index (χ3n) is 6.10. The number of halogens is 1. The number of carbonyl (C=O) groups is 1. The van der Waals surface area contributed by atoms with Crippen LogP contribution in [0, 0.1) is 10.1 Å². The Morgan fingerprint density at radius 3 is 2.43 bits per heavy atom. The highest BCUT2D eigenvalue weighted by atomic mass is 35.5. The number of methoxy groups -OCH3 is 1. The van der Waals surface area contributed by atoms with Crippen molar-refractivity contribution in [3.63, 3.8) is 0 Å². The number of carbonyl (C=O) groups excluding carboxylic acids is 1. The topological polar surface area (TPSA) is 103 Å². The van der Waals surface area contributed by atoms with E-state index in [2.05, 4.69) is 10.1 Å². The minimum atomic E-state index is -0.522. The maximum atomic E-state index is 13.8. The number of anilines is 1. The number of aromatic nitrogens is 3. The molecule has 10 heteroatoms. The lowest BCUT2D eigenvalue weighted by molar-refractivity contribution is -0.384. The van der Waals surface area contributed by atoms with Crippen LogP contribution in [0.15, 0.2) is 79.1 Å². The number of non-ortho nitro benzene ring substituents is 1. The second-order valence-electron chi connectivity index (χ2n) is 8.08. The summed E-state index contributed by atoms with van der Waals surface area (Å²) in [5.41, 5.74) is 1.88. The quantitative estimate of drug-likeness (QED) is 0.281. The lowest BCUT2D eigenvalue weighted by Crippen LogP contribution is -2.42. The van der Waals surface area contributed by atoms with Crippen LogP contribution in [0.1, 0.15) is 40.0 Å². The molecule has 4 aromatic rings. The molecule has 1 aliphatic heterocycles. The largest absolute Gasteiger partial charge is 0.497 e. The number of rotatable bonds is 5. The molecule has 0 radical (unpaired) electrons. The van der Waals surface area contributed by atoms with Crippen LogP contribution in [0.3, 0.4) is 0 Å². The van der Waals surface area contributed by atoms with E-state index in [1.165, 1.54) is 24.5 Å². The monoisotopic (exact) mass is 489 g/mol. The van der Waals surface area contributed by atoms with Crippen molar-refractivity contribution >= 4 is 29.1 Å². The first-order valence-corrected chi connectivity index (χ1v) is 11.2. The molecule has 35 heavy (non-hydrogen) atoms. The Morgan fingerprint density at radius 2 is 1.74 bits per heavy atom. The second kappa shape index (κ2) is 9.19. The van der Waals surface area contributed by atoms with Crippen molar-refractivity contribution in [1.82, 2.24) is 14.8 Å². The van der Waals surface area contributed by atoms with Gasteiger partial charge in [-0.25, -0.2) is 4.68 Å². The van der Waals surface area contributed by atoms with Crippen LogP contribution in [0.2, 0.25) is 5.02 Å². The van der Waals surface area contributed by atoms with Gasteiger partial charge in [0.1, 0.15) is 12.1 Å². The van der Waals surface area contributed by atoms with E-state index < -0.39 is 16.9 Å². The van der Waals surface area contributed by atoms with Crippen LogP contribution in [0.4, 0.5) is 11.6 Å². The molecular weight excluding hydrogens is 470 g/mol. The number of ether oxygens (including phenoxy) is 1. The Bertz CT molecular complexity index is 1390. The van der Waals surface area contributed by atoms with Crippen LogP contribution < -0.4 is 9.64 Å². The van der Waals surface area contributed by atoms with Gasteiger partial charge in [-0.15, -0.1) is 0 Å². The fourth-order valence-corrected chi connectivity index (χ4v) is 4.52. The molecule has 0 aliphatic carbocycles. The predicted molar refractivity (Wildman–Crippen MR) is 130 cm³/mol. The van der Waals surface area contributed by atoms with Crippen molar-refractivity contribution in [2.75, 3.05) is 12.0 Å². The minimum Gasteiger partial charge on any atom is -0.497 e. The summed E-state index contributed by atoms with van der Waals surface area (Å²) in [4.78, 5) is 30.5. The first-order valence-electron chi connectivity index (χ1n) is 10.8. The summed E-state index contributed by atoms with van der Waals surface area (Å²) in [5.74, 6) is 0.685. The Labute approximate surface area is 205 Å². The van der Waals surface area contributed by atoms with Crippen molar-refractivity contribution in [3.05, 3.63) is 111 Å². The molecule has 176 valence electrons. The Hall–Kier alpha value is -4.24. The molecule has 0 fully saturated rings. The minimum absolute atomic E-state index is 0.159. The van der Waals surface area contributed by atoms with Gasteiger partial charge in [-0.1, -0.05) is 41.9 Å². The summed E-state index contributed by atoms with van der Waals surface area (Å²) in [6, 6.07) is 20.0. The van der Waals surface area contributed by atoms with Gasteiger partial charge in [-0.3, -0.25) is 19.8 Å². The summed E-state index contributed by atoms with van der Waals surface area (Å²) in [6.07, 6.45) is 1.91. The number of amides is 1. The van der Waals surface area contributed by atoms with Crippen molar-refractivity contribution in [2.45, 2.75) is 18.5 Å². The fraction of sp³-hybridized carbons (Fsp3) is 0.160. The van der Waals surface area contributed by atoms with Gasteiger partial charge in [0.05, 0.1) is 24.1 Å². The molecule has 2 heterocycles.